The van der Waals surface area contributed by atoms with Crippen LogP contribution < -0.4 is 5.32 Å². The molecule has 28 heavy (non-hydrogen) atoms. The van der Waals surface area contributed by atoms with E-state index >= 15 is 0 Å². The lowest BCUT2D eigenvalue weighted by atomic mass is 9.81. The van der Waals surface area contributed by atoms with E-state index in [4.69, 9.17) is 0 Å². The molecule has 5 nitrogen and oxygen atoms in total. The summed E-state index contributed by atoms with van der Waals surface area (Å²) in [5, 5.41) is 12.1. The van der Waals surface area contributed by atoms with Crippen molar-refractivity contribution >= 4 is 28.4 Å². The van der Waals surface area contributed by atoms with Gasteiger partial charge in [0.15, 0.2) is 0 Å². The van der Waals surface area contributed by atoms with Crippen LogP contribution in [0.1, 0.15) is 36.8 Å². The van der Waals surface area contributed by atoms with Crippen LogP contribution in [0.2, 0.25) is 0 Å². The molecule has 1 saturated carbocycles. The van der Waals surface area contributed by atoms with Crippen LogP contribution in [0.4, 0.5) is 5.69 Å². The standard InChI is InChI=1S/C22H25NO4S/c24-21(18-9-5-10-19(13-18)22(25)26)23-20-11-4-8-17(12-20)15-28(27)14-16-6-2-1-3-7-16/h1-4,6-8,11-12,18-19H,5,9-10,13-15H2,(H,23,24)(H,25,26). The van der Waals surface area contributed by atoms with Crippen LogP contribution in [-0.2, 0) is 31.9 Å². The van der Waals surface area contributed by atoms with Crippen molar-refractivity contribution < 1.29 is 18.9 Å². The highest BCUT2D eigenvalue weighted by Crippen LogP contribution is 2.30. The molecular weight excluding hydrogens is 374 g/mol. The summed E-state index contributed by atoms with van der Waals surface area (Å²) < 4.78 is 12.4. The molecule has 2 aromatic carbocycles. The number of carboxylic acids is 1. The maximum absolute atomic E-state index is 12.5. The second kappa shape index (κ2) is 9.64. The lowest BCUT2D eigenvalue weighted by molar-refractivity contribution is -0.143. The molecule has 6 heteroatoms. The second-order valence-electron chi connectivity index (χ2n) is 7.30. The lowest BCUT2D eigenvalue weighted by Crippen LogP contribution is -2.30. The molecule has 3 unspecified atom stereocenters. The third-order valence-corrected chi connectivity index (χ3v) is 6.40. The first-order valence-electron chi connectivity index (χ1n) is 9.53. The molecule has 1 aliphatic carbocycles. The number of rotatable bonds is 7. The summed E-state index contributed by atoms with van der Waals surface area (Å²) in [5.74, 6) is -0.741. The van der Waals surface area contributed by atoms with Gasteiger partial charge in [-0.05, 0) is 42.5 Å². The van der Waals surface area contributed by atoms with Gasteiger partial charge in [-0.3, -0.25) is 13.8 Å². The molecule has 0 aromatic heterocycles. The molecule has 3 atom stereocenters. The fraction of sp³-hybridized carbons (Fsp3) is 0.364. The molecule has 2 N–H and O–H groups in total. The zero-order chi connectivity index (χ0) is 19.9. The first-order chi connectivity index (χ1) is 13.5. The Kier molecular flexibility index (Phi) is 6.98. The molecule has 1 aliphatic rings. The fourth-order valence-electron chi connectivity index (χ4n) is 3.63. The van der Waals surface area contributed by atoms with Crippen molar-refractivity contribution in [3.63, 3.8) is 0 Å². The van der Waals surface area contributed by atoms with Crippen molar-refractivity contribution in [1.82, 2.24) is 0 Å². The molecule has 0 radical (unpaired) electrons. The number of anilines is 1. The molecular formula is C22H25NO4S. The number of carbonyl (C=O) groups is 2. The number of hydrogen-bond donors (Lipinski definition) is 2. The average molecular weight is 400 g/mol. The van der Waals surface area contributed by atoms with Crippen LogP contribution in [0.3, 0.4) is 0 Å². The number of hydrogen-bond acceptors (Lipinski definition) is 3. The van der Waals surface area contributed by atoms with Gasteiger partial charge >= 0.3 is 5.97 Å². The Morgan fingerprint density at radius 2 is 1.64 bits per heavy atom. The third kappa shape index (κ3) is 5.76. The number of carbonyl (C=O) groups excluding carboxylic acids is 1. The number of aliphatic carboxylic acids is 1. The van der Waals surface area contributed by atoms with E-state index in [9.17, 15) is 18.9 Å². The maximum atomic E-state index is 12.5. The van der Waals surface area contributed by atoms with Crippen LogP contribution in [0.15, 0.2) is 54.6 Å². The Balaban J connectivity index is 1.57. The molecule has 3 rings (SSSR count). The molecule has 0 bridgehead atoms. The fourth-order valence-corrected chi connectivity index (χ4v) is 4.85. The Morgan fingerprint density at radius 1 is 0.964 bits per heavy atom. The van der Waals surface area contributed by atoms with Crippen LogP contribution in [0.5, 0.6) is 0 Å². The van der Waals surface area contributed by atoms with Crippen molar-refractivity contribution in [3.05, 3.63) is 65.7 Å². The highest BCUT2D eigenvalue weighted by atomic mass is 32.2. The molecule has 0 saturated heterocycles. The summed E-state index contributed by atoms with van der Waals surface area (Å²) in [6.45, 7) is 0. The first-order valence-corrected chi connectivity index (χ1v) is 11.0. The van der Waals surface area contributed by atoms with E-state index in [1.807, 2.05) is 48.5 Å². The number of benzene rings is 2. The van der Waals surface area contributed by atoms with Gasteiger partial charge < -0.3 is 10.4 Å². The predicted molar refractivity (Wildman–Crippen MR) is 110 cm³/mol. The van der Waals surface area contributed by atoms with Crippen LogP contribution in [0.25, 0.3) is 0 Å². The van der Waals surface area contributed by atoms with Gasteiger partial charge in [0.25, 0.3) is 0 Å². The van der Waals surface area contributed by atoms with Gasteiger partial charge in [0.05, 0.1) is 5.92 Å². The molecule has 1 amide bonds. The molecule has 2 aromatic rings. The minimum Gasteiger partial charge on any atom is -0.481 e. The van der Waals surface area contributed by atoms with Crippen LogP contribution >= 0.6 is 0 Å². The summed E-state index contributed by atoms with van der Waals surface area (Å²) in [7, 11) is -1.04. The van der Waals surface area contributed by atoms with Gasteiger partial charge in [-0.25, -0.2) is 0 Å². The lowest BCUT2D eigenvalue weighted by Gasteiger charge is -2.25. The highest BCUT2D eigenvalue weighted by Gasteiger charge is 2.31. The summed E-state index contributed by atoms with van der Waals surface area (Å²) in [4.78, 5) is 23.7. The van der Waals surface area contributed by atoms with Crippen molar-refractivity contribution in [2.24, 2.45) is 11.8 Å². The van der Waals surface area contributed by atoms with Gasteiger partial charge in [-0.2, -0.15) is 0 Å². The van der Waals surface area contributed by atoms with Crippen LogP contribution in [0, 0.1) is 11.8 Å². The van der Waals surface area contributed by atoms with Gasteiger partial charge in [-0.1, -0.05) is 48.9 Å². The van der Waals surface area contributed by atoms with Crippen LogP contribution in [-0.4, -0.2) is 21.2 Å². The van der Waals surface area contributed by atoms with Crippen molar-refractivity contribution in [2.75, 3.05) is 5.32 Å². The molecule has 148 valence electrons. The van der Waals surface area contributed by atoms with Gasteiger partial charge in [0, 0.05) is 33.9 Å². The molecule has 0 spiro atoms. The molecule has 1 fully saturated rings. The molecule has 0 aliphatic heterocycles. The number of nitrogens with one attached hydrogen (secondary N) is 1. The predicted octanol–water partition coefficient (Wildman–Crippen LogP) is 3.97. The van der Waals surface area contributed by atoms with Crippen molar-refractivity contribution in [3.8, 4) is 0 Å². The Morgan fingerprint density at radius 3 is 2.39 bits per heavy atom. The molecule has 0 heterocycles. The topological polar surface area (TPSA) is 83.5 Å². The Hall–Kier alpha value is -2.47. The van der Waals surface area contributed by atoms with E-state index in [0.717, 1.165) is 24.0 Å². The summed E-state index contributed by atoms with van der Waals surface area (Å²) >= 11 is 0. The van der Waals surface area contributed by atoms with E-state index in [2.05, 4.69) is 5.32 Å². The Bertz CT molecular complexity index is 853. The maximum Gasteiger partial charge on any atom is 0.306 e. The van der Waals surface area contributed by atoms with E-state index < -0.39 is 22.7 Å². The second-order valence-corrected chi connectivity index (χ2v) is 8.76. The smallest absolute Gasteiger partial charge is 0.306 e. The quantitative estimate of drug-likeness (QED) is 0.738. The van der Waals surface area contributed by atoms with Gasteiger partial charge in [-0.15, -0.1) is 0 Å². The van der Waals surface area contributed by atoms with E-state index in [1.54, 1.807) is 6.07 Å². The zero-order valence-electron chi connectivity index (χ0n) is 15.7. The highest BCUT2D eigenvalue weighted by molar-refractivity contribution is 7.83. The van der Waals surface area contributed by atoms with Crippen molar-refractivity contribution in [1.29, 1.82) is 0 Å². The normalized spacial score (nSPS) is 20.3. The summed E-state index contributed by atoms with van der Waals surface area (Å²) in [6.07, 6.45) is 2.51. The van der Waals surface area contributed by atoms with E-state index in [-0.39, 0.29) is 11.8 Å². The number of amides is 1. The van der Waals surface area contributed by atoms with E-state index in [1.165, 1.54) is 0 Å². The monoisotopic (exact) mass is 399 g/mol. The SMILES string of the molecule is O=C(O)C1CCCC(C(=O)Nc2cccc(CS(=O)Cc3ccccc3)c2)C1. The number of carboxylic acid groups (broad SMARTS) is 1. The van der Waals surface area contributed by atoms with Gasteiger partial charge in [0.1, 0.15) is 0 Å². The van der Waals surface area contributed by atoms with E-state index in [0.29, 0.717) is 30.0 Å². The van der Waals surface area contributed by atoms with Crippen molar-refractivity contribution in [2.45, 2.75) is 37.2 Å². The third-order valence-electron chi connectivity index (χ3n) is 5.09. The summed E-state index contributed by atoms with van der Waals surface area (Å²) in [6, 6.07) is 17.1. The Labute approximate surface area is 167 Å². The first kappa shape index (κ1) is 20.3. The zero-order valence-corrected chi connectivity index (χ0v) is 16.5. The van der Waals surface area contributed by atoms with Gasteiger partial charge in [0.2, 0.25) is 5.91 Å². The minimum atomic E-state index is -1.04. The minimum absolute atomic E-state index is 0.131. The summed E-state index contributed by atoms with van der Waals surface area (Å²) in [5.41, 5.74) is 2.60. The average Bonchev–Trinajstić information content (AvgIpc) is 2.69. The largest absolute Gasteiger partial charge is 0.481 e.